The largest absolute Gasteiger partial charge is 0.421 e. The van der Waals surface area contributed by atoms with E-state index < -0.39 is 30.7 Å². The zero-order valence-corrected chi connectivity index (χ0v) is 5.94. The van der Waals surface area contributed by atoms with Gasteiger partial charge in [-0.1, -0.05) is 0 Å². The number of nitrogens with two attached hydrogens (primary N) is 2. The molecule has 0 heterocycles. The molecule has 0 fully saturated rings. The Morgan fingerprint density at radius 2 is 1.83 bits per heavy atom. The molecule has 2 unspecified atom stereocenters. The van der Waals surface area contributed by atoms with E-state index in [4.69, 9.17) is 5.73 Å². The summed E-state index contributed by atoms with van der Waals surface area (Å²) in [7, 11) is 0. The fourth-order valence-electron chi connectivity index (χ4n) is 0.579. The second-order valence-corrected chi connectivity index (χ2v) is 2.28. The van der Waals surface area contributed by atoms with Gasteiger partial charge < -0.3 is 11.5 Å². The van der Waals surface area contributed by atoms with E-state index in [1.807, 2.05) is 0 Å². The van der Waals surface area contributed by atoms with Crippen LogP contribution in [-0.2, 0) is 4.79 Å². The number of carbonyl (C=O) groups excluding carboxylic acids is 1. The summed E-state index contributed by atoms with van der Waals surface area (Å²) in [5.41, 5.74) is 9.23. The van der Waals surface area contributed by atoms with Gasteiger partial charge in [0.05, 0.1) is 6.04 Å². The molecule has 1 amide bonds. The third-order valence-corrected chi connectivity index (χ3v) is 1.13. The zero-order chi connectivity index (χ0) is 9.94. The second kappa shape index (κ2) is 3.70. The lowest BCUT2D eigenvalue weighted by molar-refractivity contribution is -0.186. The minimum atomic E-state index is -5.03. The van der Waals surface area contributed by atoms with Gasteiger partial charge in [-0.05, 0) is 0 Å². The predicted octanol–water partition coefficient (Wildman–Crippen LogP) is 0.0895. The van der Waals surface area contributed by atoms with Crippen molar-refractivity contribution < 1.29 is 22.4 Å². The molecule has 12 heavy (non-hydrogen) atoms. The zero-order valence-electron chi connectivity index (χ0n) is 5.94. The lowest BCUT2D eigenvalue weighted by Crippen LogP contribution is -2.44. The minimum absolute atomic E-state index is 0.819. The first-order valence-electron chi connectivity index (χ1n) is 3.00. The first kappa shape index (κ1) is 11.2. The summed E-state index contributed by atoms with van der Waals surface area (Å²) < 4.78 is 46.8. The molecular formula is C5H8F4N2O. The van der Waals surface area contributed by atoms with Crippen LogP contribution in [0.3, 0.4) is 0 Å². The monoisotopic (exact) mass is 188 g/mol. The van der Waals surface area contributed by atoms with Crippen LogP contribution in [-0.4, -0.2) is 24.3 Å². The van der Waals surface area contributed by atoms with Gasteiger partial charge in [0.1, 0.15) is 0 Å². The van der Waals surface area contributed by atoms with Gasteiger partial charge in [-0.3, -0.25) is 4.79 Å². The third-order valence-electron chi connectivity index (χ3n) is 1.13. The molecule has 0 saturated carbocycles. The number of alkyl halides is 4. The Kier molecular flexibility index (Phi) is 3.44. The van der Waals surface area contributed by atoms with Gasteiger partial charge in [-0.2, -0.15) is 13.2 Å². The highest BCUT2D eigenvalue weighted by molar-refractivity contribution is 5.74. The summed E-state index contributed by atoms with van der Waals surface area (Å²) in [6, 6.07) is -1.91. The number of rotatable bonds is 3. The summed E-state index contributed by atoms with van der Waals surface area (Å²) in [5.74, 6) is -1.06. The van der Waals surface area contributed by atoms with Gasteiger partial charge in [0, 0.05) is 6.42 Å². The summed E-state index contributed by atoms with van der Waals surface area (Å²) in [5, 5.41) is 0. The molecule has 0 saturated heterocycles. The van der Waals surface area contributed by atoms with E-state index in [9.17, 15) is 22.4 Å². The van der Waals surface area contributed by atoms with E-state index in [0.717, 1.165) is 0 Å². The van der Waals surface area contributed by atoms with E-state index in [-0.39, 0.29) is 0 Å². The highest BCUT2D eigenvalue weighted by Gasteiger charge is 2.44. The molecule has 0 rings (SSSR count). The second-order valence-electron chi connectivity index (χ2n) is 2.28. The Balaban J connectivity index is 4.10. The van der Waals surface area contributed by atoms with Crippen LogP contribution < -0.4 is 11.5 Å². The highest BCUT2D eigenvalue weighted by atomic mass is 19.4. The SMILES string of the molecule is NC(=O)CC(N)C(F)C(F)(F)F. The Morgan fingerprint density at radius 1 is 1.42 bits per heavy atom. The van der Waals surface area contributed by atoms with Crippen LogP contribution >= 0.6 is 0 Å². The van der Waals surface area contributed by atoms with E-state index >= 15 is 0 Å². The van der Waals surface area contributed by atoms with Crippen LogP contribution in [0, 0.1) is 0 Å². The average molecular weight is 188 g/mol. The number of primary amides is 1. The molecule has 4 N–H and O–H groups in total. The molecule has 0 aromatic heterocycles. The minimum Gasteiger partial charge on any atom is -0.370 e. The van der Waals surface area contributed by atoms with E-state index in [1.165, 1.54) is 0 Å². The van der Waals surface area contributed by atoms with Crippen molar-refractivity contribution in [2.75, 3.05) is 0 Å². The van der Waals surface area contributed by atoms with Gasteiger partial charge >= 0.3 is 6.18 Å². The van der Waals surface area contributed by atoms with Gasteiger partial charge in [0.2, 0.25) is 12.1 Å². The van der Waals surface area contributed by atoms with Crippen LogP contribution in [0.2, 0.25) is 0 Å². The molecule has 72 valence electrons. The topological polar surface area (TPSA) is 69.1 Å². The highest BCUT2D eigenvalue weighted by Crippen LogP contribution is 2.25. The average Bonchev–Trinajstić information content (AvgIpc) is 1.82. The summed E-state index contributed by atoms with van der Waals surface area (Å²) in [4.78, 5) is 10.0. The Morgan fingerprint density at radius 3 is 2.08 bits per heavy atom. The third kappa shape index (κ3) is 3.51. The van der Waals surface area contributed by atoms with Gasteiger partial charge in [0.25, 0.3) is 0 Å². The van der Waals surface area contributed by atoms with Crippen molar-refractivity contribution in [2.45, 2.75) is 24.8 Å². The smallest absolute Gasteiger partial charge is 0.370 e. The van der Waals surface area contributed by atoms with Crippen molar-refractivity contribution in [3.8, 4) is 0 Å². The van der Waals surface area contributed by atoms with Crippen LogP contribution in [0.5, 0.6) is 0 Å². The van der Waals surface area contributed by atoms with Gasteiger partial charge in [0.15, 0.2) is 0 Å². The lowest BCUT2D eigenvalue weighted by atomic mass is 10.1. The predicted molar refractivity (Wildman–Crippen MR) is 32.7 cm³/mol. The quantitative estimate of drug-likeness (QED) is 0.616. The molecule has 0 spiro atoms. The standard InChI is InChI=1S/C5H8F4N2O/c6-4(5(7,8)9)2(10)1-3(11)12/h2,4H,1,10H2,(H2,11,12). The normalized spacial score (nSPS) is 17.1. The van der Waals surface area contributed by atoms with E-state index in [1.54, 1.807) is 0 Å². The van der Waals surface area contributed by atoms with Crippen LogP contribution in [0.25, 0.3) is 0 Å². The number of hydrogen-bond acceptors (Lipinski definition) is 2. The number of amides is 1. The molecular weight excluding hydrogens is 180 g/mol. The fraction of sp³-hybridized carbons (Fsp3) is 0.800. The van der Waals surface area contributed by atoms with Crippen molar-refractivity contribution in [3.05, 3.63) is 0 Å². The Labute approximate surface area is 65.7 Å². The number of halogens is 4. The Hall–Kier alpha value is -0.850. The fourth-order valence-corrected chi connectivity index (χ4v) is 0.579. The molecule has 2 atom stereocenters. The molecule has 0 aromatic rings. The first-order valence-corrected chi connectivity index (χ1v) is 3.00. The maximum atomic E-state index is 12.2. The molecule has 0 radical (unpaired) electrons. The molecule has 3 nitrogen and oxygen atoms in total. The number of hydrogen-bond donors (Lipinski definition) is 2. The maximum absolute atomic E-state index is 12.2. The molecule has 0 aliphatic carbocycles. The van der Waals surface area contributed by atoms with Gasteiger partial charge in [-0.25, -0.2) is 4.39 Å². The Bertz CT molecular complexity index is 169. The van der Waals surface area contributed by atoms with Crippen molar-refractivity contribution in [1.29, 1.82) is 0 Å². The van der Waals surface area contributed by atoms with Crippen LogP contribution in [0.1, 0.15) is 6.42 Å². The molecule has 0 bridgehead atoms. The lowest BCUT2D eigenvalue weighted by Gasteiger charge is -2.17. The summed E-state index contributed by atoms with van der Waals surface area (Å²) in [6.07, 6.45) is -9.06. The van der Waals surface area contributed by atoms with Gasteiger partial charge in [-0.15, -0.1) is 0 Å². The summed E-state index contributed by atoms with van der Waals surface area (Å²) in [6.45, 7) is 0. The van der Waals surface area contributed by atoms with Crippen molar-refractivity contribution in [1.82, 2.24) is 0 Å². The first-order chi connectivity index (χ1) is 5.25. The molecule has 0 aliphatic heterocycles. The van der Waals surface area contributed by atoms with Crippen LogP contribution in [0.15, 0.2) is 0 Å². The summed E-state index contributed by atoms with van der Waals surface area (Å²) >= 11 is 0. The maximum Gasteiger partial charge on any atom is 0.421 e. The molecule has 0 aliphatic rings. The van der Waals surface area contributed by atoms with Crippen molar-refractivity contribution in [2.24, 2.45) is 11.5 Å². The molecule has 0 aromatic carbocycles. The van der Waals surface area contributed by atoms with Crippen molar-refractivity contribution in [3.63, 3.8) is 0 Å². The van der Waals surface area contributed by atoms with Crippen molar-refractivity contribution >= 4 is 5.91 Å². The number of carbonyl (C=O) groups is 1. The van der Waals surface area contributed by atoms with E-state index in [2.05, 4.69) is 5.73 Å². The van der Waals surface area contributed by atoms with Crippen LogP contribution in [0.4, 0.5) is 17.6 Å². The molecule has 7 heteroatoms. The van der Waals surface area contributed by atoms with E-state index in [0.29, 0.717) is 0 Å².